The van der Waals surface area contributed by atoms with Crippen LogP contribution in [0.15, 0.2) is 47.6 Å². The quantitative estimate of drug-likeness (QED) is 0.585. The lowest BCUT2D eigenvalue weighted by Crippen LogP contribution is -2.39. The molecular weight excluding hydrogens is 429 g/mol. The molecule has 0 radical (unpaired) electrons. The number of nitrogens with zero attached hydrogens (tertiary/aromatic N) is 2. The first-order valence-corrected chi connectivity index (χ1v) is 11.0. The van der Waals surface area contributed by atoms with Crippen LogP contribution in [0.25, 0.3) is 0 Å². The number of rotatable bonds is 4. The smallest absolute Gasteiger partial charge is 0.267 e. The minimum absolute atomic E-state index is 0.0940. The van der Waals surface area contributed by atoms with Crippen LogP contribution in [0, 0.1) is 0 Å². The monoisotopic (exact) mass is 449 g/mol. The van der Waals surface area contributed by atoms with Crippen LogP contribution in [0.5, 0.6) is 0 Å². The summed E-state index contributed by atoms with van der Waals surface area (Å²) < 4.78 is 0. The molecule has 29 heavy (non-hydrogen) atoms. The van der Waals surface area contributed by atoms with Gasteiger partial charge in [-0.05, 0) is 48.7 Å². The Balaban J connectivity index is 1.62. The topological polar surface area (TPSA) is 44.7 Å². The van der Waals surface area contributed by atoms with Crippen LogP contribution in [0.3, 0.4) is 0 Å². The van der Waals surface area contributed by atoms with Gasteiger partial charge in [-0.25, -0.2) is 0 Å². The van der Waals surface area contributed by atoms with Crippen molar-refractivity contribution in [1.82, 2.24) is 5.32 Å². The van der Waals surface area contributed by atoms with Crippen molar-refractivity contribution in [3.05, 3.63) is 63.1 Å². The normalized spacial score (nSPS) is 19.9. The molecule has 1 fully saturated rings. The molecule has 1 atom stereocenters. The molecule has 4 nitrogen and oxygen atoms in total. The maximum absolute atomic E-state index is 12.9. The molecule has 2 aliphatic rings. The van der Waals surface area contributed by atoms with Crippen molar-refractivity contribution in [3.63, 3.8) is 0 Å². The number of benzene rings is 2. The van der Waals surface area contributed by atoms with Gasteiger partial charge in [-0.3, -0.25) is 9.80 Å². The molecule has 0 aromatic heterocycles. The number of nitrogens with one attached hydrogen (secondary N) is 1. The Morgan fingerprint density at radius 2 is 1.66 bits per heavy atom. The van der Waals surface area contributed by atoms with E-state index in [9.17, 15) is 4.79 Å². The highest BCUT2D eigenvalue weighted by atomic mass is 35.5. The van der Waals surface area contributed by atoms with E-state index in [1.165, 1.54) is 6.42 Å². The van der Waals surface area contributed by atoms with Gasteiger partial charge in [0, 0.05) is 22.5 Å². The summed E-state index contributed by atoms with van der Waals surface area (Å²) in [7, 11) is 0. The first-order valence-electron chi connectivity index (χ1n) is 9.89. The predicted octanol–water partition coefficient (Wildman–Crippen LogP) is 6.40. The number of hydrogen-bond donors (Lipinski definition) is 1. The van der Waals surface area contributed by atoms with Gasteiger partial charge in [-0.2, -0.15) is 5.10 Å². The molecule has 0 spiro atoms. The third-order valence-electron chi connectivity index (χ3n) is 5.52. The number of carbonyl (C=O) groups is 1. The molecule has 1 heterocycles. The lowest BCUT2D eigenvalue weighted by molar-refractivity contribution is -0.115. The van der Waals surface area contributed by atoms with Gasteiger partial charge in [0.1, 0.15) is 5.71 Å². The largest absolute Gasteiger partial charge is 0.348 e. The zero-order valence-electron chi connectivity index (χ0n) is 15.9. The highest BCUT2D eigenvalue weighted by molar-refractivity contribution is 6.40. The summed E-state index contributed by atoms with van der Waals surface area (Å²) >= 11 is 18.6. The number of amides is 1. The van der Waals surface area contributed by atoms with Crippen LogP contribution in [-0.4, -0.2) is 17.7 Å². The Labute approximate surface area is 185 Å². The van der Waals surface area contributed by atoms with Crippen molar-refractivity contribution in [3.8, 4) is 0 Å². The highest BCUT2D eigenvalue weighted by Crippen LogP contribution is 2.40. The molecule has 152 valence electrons. The van der Waals surface area contributed by atoms with E-state index < -0.39 is 0 Å². The number of carbonyl (C=O) groups excluding carboxylic acids is 1. The average Bonchev–Trinajstić information content (AvgIpc) is 3.14. The lowest BCUT2D eigenvalue weighted by atomic mass is 9.95. The van der Waals surface area contributed by atoms with Crippen LogP contribution in [0.4, 0.5) is 5.69 Å². The summed E-state index contributed by atoms with van der Waals surface area (Å²) in [5.41, 5.74) is 2.25. The highest BCUT2D eigenvalue weighted by Gasteiger charge is 2.34. The summed E-state index contributed by atoms with van der Waals surface area (Å²) in [6.07, 6.45) is 6.14. The van der Waals surface area contributed by atoms with Gasteiger partial charge in [-0.15, -0.1) is 0 Å². The maximum Gasteiger partial charge on any atom is 0.267 e. The molecule has 7 heteroatoms. The Kier molecular flexibility index (Phi) is 6.33. The Morgan fingerprint density at radius 1 is 0.966 bits per heavy atom. The van der Waals surface area contributed by atoms with Crippen LogP contribution < -0.4 is 10.3 Å². The van der Waals surface area contributed by atoms with Crippen LogP contribution >= 0.6 is 34.8 Å². The number of hydrazone groups is 1. The van der Waals surface area contributed by atoms with Gasteiger partial charge >= 0.3 is 0 Å². The number of anilines is 1. The van der Waals surface area contributed by atoms with E-state index in [4.69, 9.17) is 34.8 Å². The van der Waals surface area contributed by atoms with E-state index in [2.05, 4.69) is 10.4 Å². The van der Waals surface area contributed by atoms with Gasteiger partial charge in [0.25, 0.3) is 5.91 Å². The van der Waals surface area contributed by atoms with E-state index in [0.29, 0.717) is 27.2 Å². The van der Waals surface area contributed by atoms with E-state index in [0.717, 1.165) is 36.9 Å². The molecule has 1 aliphatic carbocycles. The molecule has 4 rings (SSSR count). The van der Waals surface area contributed by atoms with E-state index in [1.54, 1.807) is 12.1 Å². The minimum atomic E-state index is -0.141. The SMILES string of the molecule is O=C(NC1CCCCC1)C1=NN(c2ccc(Cl)cc2Cl)C(c2ccc(Cl)cc2)C1. The summed E-state index contributed by atoms with van der Waals surface area (Å²) in [6, 6.07) is 13.0. The van der Waals surface area contributed by atoms with Crippen LogP contribution in [0.2, 0.25) is 15.1 Å². The zero-order chi connectivity index (χ0) is 20.4. The molecule has 1 amide bonds. The minimum Gasteiger partial charge on any atom is -0.348 e. The second-order valence-electron chi connectivity index (χ2n) is 7.57. The van der Waals surface area contributed by atoms with Crippen LogP contribution in [-0.2, 0) is 4.79 Å². The average molecular weight is 451 g/mol. The summed E-state index contributed by atoms with van der Waals surface area (Å²) in [5, 5.41) is 11.4. The molecule has 1 aliphatic heterocycles. The molecule has 0 bridgehead atoms. The fourth-order valence-corrected chi connectivity index (χ4v) is 4.62. The predicted molar refractivity (Wildman–Crippen MR) is 120 cm³/mol. The van der Waals surface area contributed by atoms with Crippen molar-refractivity contribution in [2.45, 2.75) is 50.6 Å². The van der Waals surface area contributed by atoms with Gasteiger partial charge in [0.05, 0.1) is 16.8 Å². The molecule has 2 aromatic carbocycles. The van der Waals surface area contributed by atoms with Crippen molar-refractivity contribution in [2.24, 2.45) is 5.10 Å². The Bertz CT molecular complexity index is 923. The zero-order valence-corrected chi connectivity index (χ0v) is 18.1. The fourth-order valence-electron chi connectivity index (χ4n) is 4.00. The third kappa shape index (κ3) is 4.71. The second kappa shape index (κ2) is 8.95. The van der Waals surface area contributed by atoms with Gasteiger partial charge < -0.3 is 5.32 Å². The first kappa shape index (κ1) is 20.5. The Morgan fingerprint density at radius 3 is 2.34 bits per heavy atom. The van der Waals surface area contributed by atoms with Crippen molar-refractivity contribution in [2.75, 3.05) is 5.01 Å². The van der Waals surface area contributed by atoms with Gasteiger partial charge in [0.2, 0.25) is 0 Å². The summed E-state index contributed by atoms with van der Waals surface area (Å²) in [4.78, 5) is 12.9. The number of halogens is 3. The molecule has 2 aromatic rings. The molecule has 0 saturated heterocycles. The molecular formula is C22H22Cl3N3O. The van der Waals surface area contributed by atoms with E-state index >= 15 is 0 Å². The summed E-state index contributed by atoms with van der Waals surface area (Å²) in [6.45, 7) is 0. The fraction of sp³-hybridized carbons (Fsp3) is 0.364. The van der Waals surface area contributed by atoms with E-state index in [1.807, 2.05) is 35.3 Å². The van der Waals surface area contributed by atoms with Crippen LogP contribution in [0.1, 0.15) is 50.1 Å². The maximum atomic E-state index is 12.9. The third-order valence-corrected chi connectivity index (χ3v) is 6.31. The lowest BCUT2D eigenvalue weighted by Gasteiger charge is -2.25. The molecule has 1 saturated carbocycles. The number of hydrogen-bond acceptors (Lipinski definition) is 3. The van der Waals surface area contributed by atoms with Gasteiger partial charge in [-0.1, -0.05) is 66.2 Å². The Hall–Kier alpha value is -1.75. The molecule has 1 unspecified atom stereocenters. The van der Waals surface area contributed by atoms with Crippen molar-refractivity contribution < 1.29 is 4.79 Å². The standard InChI is InChI=1S/C22H22Cl3N3O/c23-15-8-6-14(7-9-15)21-13-19(22(29)26-17-4-2-1-3-5-17)27-28(21)20-11-10-16(24)12-18(20)25/h6-12,17,21H,1-5,13H2,(H,26,29). The van der Waals surface area contributed by atoms with Crippen molar-refractivity contribution >= 4 is 52.1 Å². The first-order chi connectivity index (χ1) is 14.0. The molecule has 1 N–H and O–H groups in total. The van der Waals surface area contributed by atoms with E-state index in [-0.39, 0.29) is 18.0 Å². The second-order valence-corrected chi connectivity index (χ2v) is 8.85. The summed E-state index contributed by atoms with van der Waals surface area (Å²) in [5.74, 6) is -0.0940. The van der Waals surface area contributed by atoms with Crippen molar-refractivity contribution in [1.29, 1.82) is 0 Å². The van der Waals surface area contributed by atoms with Gasteiger partial charge in [0.15, 0.2) is 0 Å².